The SMILES string of the molecule is CCc1ccc2oc(-c3ccc(OC)cc3)c(Oc3nc(C)cc(C)n3)c(=O)c2c1. The van der Waals surface area contributed by atoms with E-state index in [0.29, 0.717) is 28.0 Å². The quantitative estimate of drug-likeness (QED) is 0.455. The van der Waals surface area contributed by atoms with E-state index in [9.17, 15) is 4.79 Å². The standard InChI is InChI=1S/C24H22N2O4/c1-5-16-6-11-20-19(13-16)21(27)23(30-24-25-14(2)12-15(3)26-24)22(29-20)17-7-9-18(28-4)10-8-17/h6-13H,5H2,1-4H3. The molecule has 0 bridgehead atoms. The number of hydrogen-bond acceptors (Lipinski definition) is 6. The summed E-state index contributed by atoms with van der Waals surface area (Å²) in [5, 5.41) is 0.464. The van der Waals surface area contributed by atoms with Crippen LogP contribution in [0.3, 0.4) is 0 Å². The van der Waals surface area contributed by atoms with Gasteiger partial charge >= 0.3 is 6.01 Å². The summed E-state index contributed by atoms with van der Waals surface area (Å²) >= 11 is 0. The molecule has 0 fully saturated rings. The van der Waals surface area contributed by atoms with Gasteiger partial charge in [-0.2, -0.15) is 0 Å². The number of aromatic nitrogens is 2. The Morgan fingerprint density at radius 1 is 0.967 bits per heavy atom. The van der Waals surface area contributed by atoms with Crippen LogP contribution in [0.5, 0.6) is 17.5 Å². The number of rotatable bonds is 5. The maximum absolute atomic E-state index is 13.4. The van der Waals surface area contributed by atoms with Crippen LogP contribution in [0.1, 0.15) is 23.9 Å². The normalized spacial score (nSPS) is 10.9. The van der Waals surface area contributed by atoms with E-state index in [1.54, 1.807) is 19.2 Å². The summed E-state index contributed by atoms with van der Waals surface area (Å²) < 4.78 is 17.3. The van der Waals surface area contributed by atoms with E-state index in [-0.39, 0.29) is 17.2 Å². The maximum Gasteiger partial charge on any atom is 0.322 e. The van der Waals surface area contributed by atoms with Crippen molar-refractivity contribution in [3.05, 3.63) is 75.7 Å². The van der Waals surface area contributed by atoms with Crippen LogP contribution in [0.25, 0.3) is 22.3 Å². The molecule has 4 rings (SSSR count). The van der Waals surface area contributed by atoms with Crippen molar-refractivity contribution in [1.82, 2.24) is 9.97 Å². The average molecular weight is 402 g/mol. The Morgan fingerprint density at radius 3 is 2.30 bits per heavy atom. The molecule has 0 saturated carbocycles. The third kappa shape index (κ3) is 3.76. The summed E-state index contributed by atoms with van der Waals surface area (Å²) in [6.45, 7) is 5.74. The third-order valence-electron chi connectivity index (χ3n) is 4.83. The first kappa shape index (κ1) is 19.6. The lowest BCUT2D eigenvalue weighted by Gasteiger charge is -2.12. The first-order valence-corrected chi connectivity index (χ1v) is 9.72. The van der Waals surface area contributed by atoms with Crippen molar-refractivity contribution in [1.29, 1.82) is 0 Å². The zero-order chi connectivity index (χ0) is 21.3. The molecule has 0 saturated heterocycles. The molecule has 2 aromatic heterocycles. The van der Waals surface area contributed by atoms with E-state index >= 15 is 0 Å². The lowest BCUT2D eigenvalue weighted by Crippen LogP contribution is -2.09. The Labute approximate surface area is 174 Å². The molecule has 6 heteroatoms. The molecule has 0 unspecified atom stereocenters. The van der Waals surface area contributed by atoms with Gasteiger partial charge in [-0.3, -0.25) is 4.79 Å². The fourth-order valence-corrected chi connectivity index (χ4v) is 3.30. The molecule has 152 valence electrons. The number of hydrogen-bond donors (Lipinski definition) is 0. The van der Waals surface area contributed by atoms with Crippen LogP contribution < -0.4 is 14.9 Å². The molecule has 4 aromatic rings. The summed E-state index contributed by atoms with van der Waals surface area (Å²) in [4.78, 5) is 22.0. The molecule has 30 heavy (non-hydrogen) atoms. The summed E-state index contributed by atoms with van der Waals surface area (Å²) in [5.41, 5.74) is 3.47. The summed E-state index contributed by atoms with van der Waals surface area (Å²) in [7, 11) is 1.60. The summed E-state index contributed by atoms with van der Waals surface area (Å²) in [5.74, 6) is 1.09. The zero-order valence-electron chi connectivity index (χ0n) is 17.4. The monoisotopic (exact) mass is 402 g/mol. The smallest absolute Gasteiger partial charge is 0.322 e. The lowest BCUT2D eigenvalue weighted by molar-refractivity contribution is 0.414. The maximum atomic E-state index is 13.4. The van der Waals surface area contributed by atoms with Gasteiger partial charge in [0.05, 0.1) is 12.5 Å². The molecule has 2 aromatic carbocycles. The minimum Gasteiger partial charge on any atom is -0.497 e. The van der Waals surface area contributed by atoms with Gasteiger partial charge in [0.2, 0.25) is 11.2 Å². The molecule has 2 heterocycles. The van der Waals surface area contributed by atoms with Crippen molar-refractivity contribution in [3.8, 4) is 28.8 Å². The molecule has 0 aliphatic heterocycles. The van der Waals surface area contributed by atoms with Gasteiger partial charge in [-0.05, 0) is 68.3 Å². The van der Waals surface area contributed by atoms with Gasteiger partial charge in [-0.1, -0.05) is 13.0 Å². The Morgan fingerprint density at radius 2 is 1.67 bits per heavy atom. The highest BCUT2D eigenvalue weighted by atomic mass is 16.5. The van der Waals surface area contributed by atoms with Crippen LogP contribution in [-0.4, -0.2) is 17.1 Å². The van der Waals surface area contributed by atoms with Crippen LogP contribution in [0.15, 0.2) is 57.7 Å². The molecule has 0 radical (unpaired) electrons. The van der Waals surface area contributed by atoms with Crippen molar-refractivity contribution >= 4 is 11.0 Å². The second-order valence-corrected chi connectivity index (χ2v) is 7.04. The van der Waals surface area contributed by atoms with Crippen LogP contribution in [0.2, 0.25) is 0 Å². The Balaban J connectivity index is 1.95. The highest BCUT2D eigenvalue weighted by Gasteiger charge is 2.20. The largest absolute Gasteiger partial charge is 0.497 e. The molecule has 0 aliphatic rings. The van der Waals surface area contributed by atoms with Gasteiger partial charge in [0.25, 0.3) is 0 Å². The van der Waals surface area contributed by atoms with Gasteiger partial charge in [-0.25, -0.2) is 9.97 Å². The van der Waals surface area contributed by atoms with Gasteiger partial charge < -0.3 is 13.9 Å². The first-order valence-electron chi connectivity index (χ1n) is 9.72. The van der Waals surface area contributed by atoms with E-state index in [1.807, 2.05) is 57.2 Å². The van der Waals surface area contributed by atoms with Crippen LogP contribution in [0.4, 0.5) is 0 Å². The van der Waals surface area contributed by atoms with Gasteiger partial charge in [0.1, 0.15) is 11.3 Å². The van der Waals surface area contributed by atoms with Crippen molar-refractivity contribution in [2.24, 2.45) is 0 Å². The topological polar surface area (TPSA) is 74.5 Å². The second kappa shape index (κ2) is 7.99. The van der Waals surface area contributed by atoms with Crippen molar-refractivity contribution in [2.45, 2.75) is 27.2 Å². The van der Waals surface area contributed by atoms with Crippen LogP contribution in [0, 0.1) is 13.8 Å². The zero-order valence-corrected chi connectivity index (χ0v) is 17.4. The van der Waals surface area contributed by atoms with E-state index < -0.39 is 0 Å². The van der Waals surface area contributed by atoms with Crippen LogP contribution in [-0.2, 0) is 6.42 Å². The highest BCUT2D eigenvalue weighted by Crippen LogP contribution is 2.34. The molecule has 0 N–H and O–H groups in total. The summed E-state index contributed by atoms with van der Waals surface area (Å²) in [6, 6.07) is 14.8. The molecule has 0 aliphatic carbocycles. The Bertz CT molecular complexity index is 1260. The number of nitrogens with zero attached hydrogens (tertiary/aromatic N) is 2. The fraction of sp³-hybridized carbons (Fsp3) is 0.208. The minimum absolute atomic E-state index is 0.0610. The summed E-state index contributed by atoms with van der Waals surface area (Å²) in [6.07, 6.45) is 0.811. The third-order valence-corrected chi connectivity index (χ3v) is 4.83. The number of ether oxygens (including phenoxy) is 2. The predicted octanol–water partition coefficient (Wildman–Crippen LogP) is 5.23. The predicted molar refractivity (Wildman–Crippen MR) is 115 cm³/mol. The first-order chi connectivity index (χ1) is 14.5. The van der Waals surface area contributed by atoms with E-state index in [4.69, 9.17) is 13.9 Å². The molecule has 0 spiro atoms. The number of benzene rings is 2. The van der Waals surface area contributed by atoms with E-state index in [0.717, 1.165) is 23.4 Å². The molecular weight excluding hydrogens is 380 g/mol. The van der Waals surface area contributed by atoms with Crippen molar-refractivity contribution in [2.75, 3.05) is 7.11 Å². The lowest BCUT2D eigenvalue weighted by atomic mass is 10.1. The fourth-order valence-electron chi connectivity index (χ4n) is 3.30. The Kier molecular flexibility index (Phi) is 5.23. The molecule has 6 nitrogen and oxygen atoms in total. The molecular formula is C24H22N2O4. The number of aryl methyl sites for hydroxylation is 3. The second-order valence-electron chi connectivity index (χ2n) is 7.04. The van der Waals surface area contributed by atoms with Gasteiger partial charge in [-0.15, -0.1) is 0 Å². The van der Waals surface area contributed by atoms with Crippen LogP contribution >= 0.6 is 0 Å². The minimum atomic E-state index is -0.264. The Hall–Kier alpha value is -3.67. The molecule has 0 amide bonds. The number of fused-ring (bicyclic) bond motifs is 1. The molecule has 0 atom stereocenters. The van der Waals surface area contributed by atoms with Crippen molar-refractivity contribution < 1.29 is 13.9 Å². The van der Waals surface area contributed by atoms with E-state index in [2.05, 4.69) is 9.97 Å². The van der Waals surface area contributed by atoms with E-state index in [1.165, 1.54) is 0 Å². The number of methoxy groups -OCH3 is 1. The average Bonchev–Trinajstić information content (AvgIpc) is 2.74. The highest BCUT2D eigenvalue weighted by molar-refractivity contribution is 5.82. The van der Waals surface area contributed by atoms with Gasteiger partial charge in [0, 0.05) is 17.0 Å². The van der Waals surface area contributed by atoms with Crippen molar-refractivity contribution in [3.63, 3.8) is 0 Å². The van der Waals surface area contributed by atoms with Gasteiger partial charge in [0.15, 0.2) is 5.76 Å².